The zero-order valence-electron chi connectivity index (χ0n) is 11.0. The molecular formula is C14H19Cl2NO. The van der Waals surface area contributed by atoms with Crippen LogP contribution in [0.15, 0.2) is 18.2 Å². The van der Waals surface area contributed by atoms with Gasteiger partial charge in [-0.15, -0.1) is 0 Å². The van der Waals surface area contributed by atoms with E-state index in [2.05, 4.69) is 19.2 Å². The van der Waals surface area contributed by atoms with Gasteiger partial charge in [-0.25, -0.2) is 0 Å². The van der Waals surface area contributed by atoms with Crippen molar-refractivity contribution in [3.8, 4) is 0 Å². The van der Waals surface area contributed by atoms with Gasteiger partial charge in [-0.1, -0.05) is 43.1 Å². The molecule has 1 aliphatic rings. The van der Waals surface area contributed by atoms with Crippen LogP contribution in [0, 0.1) is 5.41 Å². The molecule has 0 spiro atoms. The van der Waals surface area contributed by atoms with Crippen molar-refractivity contribution in [1.82, 2.24) is 5.32 Å². The van der Waals surface area contributed by atoms with E-state index in [1.54, 1.807) is 13.2 Å². The molecule has 4 heteroatoms. The normalized spacial score (nSPS) is 25.8. The van der Waals surface area contributed by atoms with E-state index in [4.69, 9.17) is 27.9 Å². The number of halogens is 2. The van der Waals surface area contributed by atoms with Gasteiger partial charge in [-0.05, 0) is 24.1 Å². The third-order valence-electron chi connectivity index (χ3n) is 4.02. The van der Waals surface area contributed by atoms with Crippen LogP contribution in [0.1, 0.15) is 25.8 Å². The molecule has 1 saturated carbocycles. The Hall–Kier alpha value is -0.280. The topological polar surface area (TPSA) is 21.3 Å². The summed E-state index contributed by atoms with van der Waals surface area (Å²) in [5.74, 6) is 0. The number of nitrogens with one attached hydrogen (secondary N) is 1. The fourth-order valence-electron chi connectivity index (χ4n) is 2.53. The molecule has 1 aromatic rings. The molecule has 1 aromatic carbocycles. The van der Waals surface area contributed by atoms with Crippen LogP contribution < -0.4 is 5.32 Å². The fraction of sp³-hybridized carbons (Fsp3) is 0.571. The van der Waals surface area contributed by atoms with Crippen molar-refractivity contribution in [1.29, 1.82) is 0 Å². The summed E-state index contributed by atoms with van der Waals surface area (Å²) in [5, 5.41) is 4.93. The van der Waals surface area contributed by atoms with E-state index in [0.29, 0.717) is 17.2 Å². The van der Waals surface area contributed by atoms with Crippen LogP contribution in [0.25, 0.3) is 0 Å². The zero-order chi connectivity index (χ0) is 13.3. The number of methoxy groups -OCH3 is 1. The Balaban J connectivity index is 1.93. The lowest BCUT2D eigenvalue weighted by atomic mass is 9.64. The number of benzene rings is 1. The summed E-state index contributed by atoms with van der Waals surface area (Å²) >= 11 is 12.0. The smallest absolute Gasteiger partial charge is 0.0652 e. The minimum Gasteiger partial charge on any atom is -0.381 e. The Morgan fingerprint density at radius 3 is 2.67 bits per heavy atom. The molecule has 0 heterocycles. The molecule has 18 heavy (non-hydrogen) atoms. The number of hydrogen-bond donors (Lipinski definition) is 1. The van der Waals surface area contributed by atoms with Gasteiger partial charge in [0.25, 0.3) is 0 Å². The van der Waals surface area contributed by atoms with E-state index >= 15 is 0 Å². The average Bonchev–Trinajstić information content (AvgIpc) is 2.30. The second-order valence-electron chi connectivity index (χ2n) is 5.45. The first-order valence-electron chi connectivity index (χ1n) is 6.15. The molecule has 2 atom stereocenters. The Bertz CT molecular complexity index is 434. The first kappa shape index (κ1) is 14.1. The van der Waals surface area contributed by atoms with Crippen molar-refractivity contribution in [2.75, 3.05) is 7.11 Å². The highest BCUT2D eigenvalue weighted by Crippen LogP contribution is 2.42. The van der Waals surface area contributed by atoms with E-state index in [-0.39, 0.29) is 5.41 Å². The third-order valence-corrected chi connectivity index (χ3v) is 4.60. The fourth-order valence-corrected chi connectivity index (χ4v) is 3.01. The van der Waals surface area contributed by atoms with E-state index in [1.807, 2.05) is 12.1 Å². The second kappa shape index (κ2) is 5.38. The maximum absolute atomic E-state index is 6.15. The molecule has 0 bridgehead atoms. The number of rotatable bonds is 4. The molecule has 0 amide bonds. The molecule has 1 aliphatic carbocycles. The summed E-state index contributed by atoms with van der Waals surface area (Å²) in [7, 11) is 1.78. The first-order chi connectivity index (χ1) is 8.45. The Morgan fingerprint density at radius 1 is 1.39 bits per heavy atom. The summed E-state index contributed by atoms with van der Waals surface area (Å²) in [4.78, 5) is 0. The molecule has 0 aliphatic heterocycles. The molecule has 1 N–H and O–H groups in total. The van der Waals surface area contributed by atoms with Crippen LogP contribution in [0.3, 0.4) is 0 Å². The largest absolute Gasteiger partial charge is 0.381 e. The van der Waals surface area contributed by atoms with Crippen LogP contribution in [0.2, 0.25) is 10.0 Å². The molecule has 2 nitrogen and oxygen atoms in total. The first-order valence-corrected chi connectivity index (χ1v) is 6.91. The van der Waals surface area contributed by atoms with Crippen molar-refractivity contribution >= 4 is 23.2 Å². The Labute approximate surface area is 119 Å². The molecule has 1 fully saturated rings. The molecule has 0 aromatic heterocycles. The van der Waals surface area contributed by atoms with Gasteiger partial charge in [0.15, 0.2) is 0 Å². The van der Waals surface area contributed by atoms with Gasteiger partial charge >= 0.3 is 0 Å². The van der Waals surface area contributed by atoms with E-state index < -0.39 is 0 Å². The number of ether oxygens (including phenoxy) is 1. The van der Waals surface area contributed by atoms with E-state index in [0.717, 1.165) is 23.6 Å². The van der Waals surface area contributed by atoms with Crippen molar-refractivity contribution < 1.29 is 4.74 Å². The molecule has 2 rings (SSSR count). The van der Waals surface area contributed by atoms with Crippen LogP contribution in [0.5, 0.6) is 0 Å². The molecule has 0 saturated heterocycles. The molecular weight excluding hydrogens is 269 g/mol. The standard InChI is InChI=1S/C14H19Cl2NO/c1-14(2)12(7-13(14)18-3)17-8-9-4-5-10(15)6-11(9)16/h4-6,12-13,17H,7-8H2,1-3H3. The zero-order valence-corrected chi connectivity index (χ0v) is 12.5. The third kappa shape index (κ3) is 2.67. The predicted molar refractivity (Wildman–Crippen MR) is 76.3 cm³/mol. The van der Waals surface area contributed by atoms with Crippen molar-refractivity contribution in [2.24, 2.45) is 5.41 Å². The van der Waals surface area contributed by atoms with E-state index in [1.165, 1.54) is 0 Å². The Kier molecular flexibility index (Phi) is 4.22. The second-order valence-corrected chi connectivity index (χ2v) is 6.29. The summed E-state index contributed by atoms with van der Waals surface area (Å²) < 4.78 is 5.44. The maximum atomic E-state index is 6.15. The molecule has 2 unspecified atom stereocenters. The monoisotopic (exact) mass is 287 g/mol. The van der Waals surface area contributed by atoms with Gasteiger partial charge in [0.2, 0.25) is 0 Å². The highest BCUT2D eigenvalue weighted by atomic mass is 35.5. The lowest BCUT2D eigenvalue weighted by Gasteiger charge is -2.51. The maximum Gasteiger partial charge on any atom is 0.0652 e. The summed E-state index contributed by atoms with van der Waals surface area (Å²) in [6.45, 7) is 5.22. The highest BCUT2D eigenvalue weighted by Gasteiger charge is 2.48. The van der Waals surface area contributed by atoms with Gasteiger partial charge in [0, 0.05) is 35.2 Å². The van der Waals surface area contributed by atoms with Crippen molar-refractivity contribution in [3.05, 3.63) is 33.8 Å². The minimum absolute atomic E-state index is 0.174. The highest BCUT2D eigenvalue weighted by molar-refractivity contribution is 6.35. The lowest BCUT2D eigenvalue weighted by molar-refractivity contribution is -0.0979. The van der Waals surface area contributed by atoms with Crippen molar-refractivity contribution in [3.63, 3.8) is 0 Å². The van der Waals surface area contributed by atoms with Crippen LogP contribution >= 0.6 is 23.2 Å². The molecule has 0 radical (unpaired) electrons. The Morgan fingerprint density at radius 2 is 2.11 bits per heavy atom. The van der Waals surface area contributed by atoms with Gasteiger partial charge in [0.05, 0.1) is 6.10 Å². The van der Waals surface area contributed by atoms with Gasteiger partial charge in [-0.2, -0.15) is 0 Å². The van der Waals surface area contributed by atoms with Crippen LogP contribution in [-0.4, -0.2) is 19.3 Å². The quantitative estimate of drug-likeness (QED) is 0.907. The summed E-state index contributed by atoms with van der Waals surface area (Å²) in [6.07, 6.45) is 1.39. The average molecular weight is 288 g/mol. The van der Waals surface area contributed by atoms with Gasteiger partial charge in [0.1, 0.15) is 0 Å². The summed E-state index contributed by atoms with van der Waals surface area (Å²) in [6, 6.07) is 6.09. The summed E-state index contributed by atoms with van der Waals surface area (Å²) in [5.41, 5.74) is 1.26. The number of hydrogen-bond acceptors (Lipinski definition) is 2. The van der Waals surface area contributed by atoms with Gasteiger partial charge in [-0.3, -0.25) is 0 Å². The van der Waals surface area contributed by atoms with Crippen LogP contribution in [0.4, 0.5) is 0 Å². The van der Waals surface area contributed by atoms with Crippen LogP contribution in [-0.2, 0) is 11.3 Å². The minimum atomic E-state index is 0.174. The van der Waals surface area contributed by atoms with Gasteiger partial charge < -0.3 is 10.1 Å². The molecule has 100 valence electrons. The lowest BCUT2D eigenvalue weighted by Crippen LogP contribution is -2.60. The predicted octanol–water partition coefficient (Wildman–Crippen LogP) is 3.90. The SMILES string of the molecule is COC1CC(NCc2ccc(Cl)cc2Cl)C1(C)C. The van der Waals surface area contributed by atoms with Crippen molar-refractivity contribution in [2.45, 2.75) is 39.0 Å². The van der Waals surface area contributed by atoms with E-state index in [9.17, 15) is 0 Å².